The summed E-state index contributed by atoms with van der Waals surface area (Å²) in [4.78, 5) is 3.64. The van der Waals surface area contributed by atoms with Gasteiger partial charge < -0.3 is 0 Å². The molecule has 5 heteroatoms. The molecule has 0 aromatic carbocycles. The molecule has 66 valence electrons. The minimum atomic E-state index is -4.11. The molecule has 4 nitrogen and oxygen atoms in total. The summed E-state index contributed by atoms with van der Waals surface area (Å²) in [7, 11) is -4.11. The Hall–Kier alpha value is -0.940. The number of hydrogen-bond donors (Lipinski definition) is 1. The Morgan fingerprint density at radius 1 is 1.42 bits per heavy atom. The van der Waals surface area contributed by atoms with Gasteiger partial charge in [-0.15, -0.1) is 0 Å². The van der Waals surface area contributed by atoms with E-state index in [1.807, 2.05) is 0 Å². The van der Waals surface area contributed by atoms with Crippen LogP contribution in [0.1, 0.15) is 11.3 Å². The lowest BCUT2D eigenvalue weighted by molar-refractivity contribution is 0.482. The molecule has 0 spiro atoms. The van der Waals surface area contributed by atoms with Crippen LogP contribution in [0.3, 0.4) is 0 Å². The summed E-state index contributed by atoms with van der Waals surface area (Å²) in [6, 6.07) is 1.60. The van der Waals surface area contributed by atoms with E-state index < -0.39 is 10.1 Å². The van der Waals surface area contributed by atoms with Gasteiger partial charge >= 0.3 is 0 Å². The first-order chi connectivity index (χ1) is 5.41. The Balaban J connectivity index is 3.39. The highest BCUT2D eigenvalue weighted by atomic mass is 32.2. The fourth-order valence-corrected chi connectivity index (χ4v) is 1.61. The van der Waals surface area contributed by atoms with Crippen molar-refractivity contribution < 1.29 is 13.0 Å². The van der Waals surface area contributed by atoms with Crippen LogP contribution in [0.5, 0.6) is 0 Å². The lowest BCUT2D eigenvalue weighted by Crippen LogP contribution is -2.02. The molecule has 1 heterocycles. The quantitative estimate of drug-likeness (QED) is 0.664. The molecule has 0 unspecified atom stereocenters. The highest BCUT2D eigenvalue weighted by Crippen LogP contribution is 2.13. The van der Waals surface area contributed by atoms with Crippen LogP contribution in [0, 0.1) is 13.8 Å². The van der Waals surface area contributed by atoms with E-state index in [0.717, 1.165) is 11.9 Å². The molecule has 0 aliphatic carbocycles. The van der Waals surface area contributed by atoms with Crippen molar-refractivity contribution in [3.05, 3.63) is 23.5 Å². The molecular weight excluding hydrogens is 178 g/mol. The standard InChI is InChI=1S/C7H9NO3S/c1-5-3-6(2)8-4-7(5)12(9,10)11/h3-4H,1-2H3,(H,9,10,11). The van der Waals surface area contributed by atoms with Crippen LogP contribution >= 0.6 is 0 Å². The smallest absolute Gasteiger partial charge is 0.282 e. The molecule has 0 radical (unpaired) electrons. The molecule has 12 heavy (non-hydrogen) atoms. The van der Waals surface area contributed by atoms with Gasteiger partial charge in [0.15, 0.2) is 0 Å². The SMILES string of the molecule is Cc1cc(C)c(S(=O)(=O)O)cn1. The van der Waals surface area contributed by atoms with Crippen LogP contribution in [0.15, 0.2) is 17.2 Å². The highest BCUT2D eigenvalue weighted by Gasteiger charge is 2.12. The van der Waals surface area contributed by atoms with Crippen molar-refractivity contribution in [2.75, 3.05) is 0 Å². The Morgan fingerprint density at radius 3 is 2.42 bits per heavy atom. The first-order valence-electron chi connectivity index (χ1n) is 3.32. The molecule has 0 bridgehead atoms. The highest BCUT2D eigenvalue weighted by molar-refractivity contribution is 7.85. The summed E-state index contributed by atoms with van der Waals surface area (Å²) < 4.78 is 30.1. The van der Waals surface area contributed by atoms with Crippen molar-refractivity contribution in [2.24, 2.45) is 0 Å². The predicted octanol–water partition coefficient (Wildman–Crippen LogP) is 0.945. The van der Waals surface area contributed by atoms with E-state index in [-0.39, 0.29) is 4.90 Å². The van der Waals surface area contributed by atoms with E-state index >= 15 is 0 Å². The van der Waals surface area contributed by atoms with E-state index in [0.29, 0.717) is 5.56 Å². The lowest BCUT2D eigenvalue weighted by Gasteiger charge is -2.01. The van der Waals surface area contributed by atoms with Gasteiger partial charge in [-0.2, -0.15) is 8.42 Å². The fourth-order valence-electron chi connectivity index (χ4n) is 0.954. The number of aromatic nitrogens is 1. The Labute approximate surface area is 71.0 Å². The molecule has 0 atom stereocenters. The third-order valence-electron chi connectivity index (χ3n) is 1.48. The van der Waals surface area contributed by atoms with Crippen molar-refractivity contribution in [3.8, 4) is 0 Å². The van der Waals surface area contributed by atoms with Crippen LogP contribution in [0.4, 0.5) is 0 Å². The number of pyridine rings is 1. The molecule has 1 rings (SSSR count). The van der Waals surface area contributed by atoms with Crippen LogP contribution in [0.25, 0.3) is 0 Å². The topological polar surface area (TPSA) is 67.3 Å². The zero-order valence-corrected chi connectivity index (χ0v) is 7.59. The van der Waals surface area contributed by atoms with Crippen molar-refractivity contribution >= 4 is 10.1 Å². The number of aryl methyl sites for hydroxylation is 2. The summed E-state index contributed by atoms with van der Waals surface area (Å²) in [5, 5.41) is 0. The monoisotopic (exact) mass is 187 g/mol. The predicted molar refractivity (Wildman–Crippen MR) is 43.5 cm³/mol. The second kappa shape index (κ2) is 2.84. The summed E-state index contributed by atoms with van der Waals surface area (Å²) >= 11 is 0. The number of rotatable bonds is 1. The minimum Gasteiger partial charge on any atom is -0.282 e. The maximum atomic E-state index is 10.7. The van der Waals surface area contributed by atoms with E-state index in [1.165, 1.54) is 0 Å². The molecule has 0 saturated carbocycles. The third kappa shape index (κ3) is 1.80. The first-order valence-corrected chi connectivity index (χ1v) is 4.76. The molecule has 0 fully saturated rings. The zero-order valence-electron chi connectivity index (χ0n) is 6.77. The summed E-state index contributed by atoms with van der Waals surface area (Å²) in [5.41, 5.74) is 1.23. The molecule has 0 amide bonds. The Morgan fingerprint density at radius 2 is 2.00 bits per heavy atom. The molecule has 0 saturated heterocycles. The van der Waals surface area contributed by atoms with Gasteiger partial charge in [-0.3, -0.25) is 9.54 Å². The summed E-state index contributed by atoms with van der Waals surface area (Å²) in [5.74, 6) is 0. The molecule has 1 aromatic heterocycles. The molecular formula is C7H9NO3S. The van der Waals surface area contributed by atoms with Gasteiger partial charge in [0.05, 0.1) is 0 Å². The maximum absolute atomic E-state index is 10.7. The Kier molecular flexibility index (Phi) is 2.16. The van der Waals surface area contributed by atoms with Crippen LogP contribution in [0.2, 0.25) is 0 Å². The van der Waals surface area contributed by atoms with Crippen molar-refractivity contribution in [1.82, 2.24) is 4.98 Å². The van der Waals surface area contributed by atoms with Crippen LogP contribution in [-0.4, -0.2) is 18.0 Å². The second-order valence-electron chi connectivity index (χ2n) is 2.57. The average Bonchev–Trinajstić information content (AvgIpc) is 1.83. The normalized spacial score (nSPS) is 11.6. The Bertz CT molecular complexity index is 397. The number of nitrogens with zero attached hydrogens (tertiary/aromatic N) is 1. The van der Waals surface area contributed by atoms with Crippen LogP contribution in [-0.2, 0) is 10.1 Å². The van der Waals surface area contributed by atoms with Gasteiger partial charge in [0, 0.05) is 11.9 Å². The van der Waals surface area contributed by atoms with Gasteiger partial charge in [-0.25, -0.2) is 0 Å². The molecule has 1 N–H and O–H groups in total. The van der Waals surface area contributed by atoms with Gasteiger partial charge in [0.25, 0.3) is 10.1 Å². The fraction of sp³-hybridized carbons (Fsp3) is 0.286. The summed E-state index contributed by atoms with van der Waals surface area (Å²) in [6.07, 6.45) is 1.15. The lowest BCUT2D eigenvalue weighted by atomic mass is 10.2. The van der Waals surface area contributed by atoms with Gasteiger partial charge in [0.1, 0.15) is 4.90 Å². The molecule has 1 aromatic rings. The van der Waals surface area contributed by atoms with Crippen molar-refractivity contribution in [1.29, 1.82) is 0 Å². The van der Waals surface area contributed by atoms with E-state index in [1.54, 1.807) is 19.9 Å². The van der Waals surface area contributed by atoms with E-state index in [2.05, 4.69) is 4.98 Å². The van der Waals surface area contributed by atoms with Gasteiger partial charge in [-0.05, 0) is 25.5 Å². The van der Waals surface area contributed by atoms with Gasteiger partial charge in [0.2, 0.25) is 0 Å². The van der Waals surface area contributed by atoms with Gasteiger partial charge in [-0.1, -0.05) is 0 Å². The van der Waals surface area contributed by atoms with E-state index in [4.69, 9.17) is 4.55 Å². The third-order valence-corrected chi connectivity index (χ3v) is 2.46. The van der Waals surface area contributed by atoms with E-state index in [9.17, 15) is 8.42 Å². The van der Waals surface area contributed by atoms with Crippen LogP contribution < -0.4 is 0 Å². The van der Waals surface area contributed by atoms with Crippen molar-refractivity contribution in [3.63, 3.8) is 0 Å². The zero-order chi connectivity index (χ0) is 9.35. The molecule has 0 aliphatic rings. The first kappa shape index (κ1) is 9.15. The minimum absolute atomic E-state index is 0.131. The second-order valence-corrected chi connectivity index (χ2v) is 3.96. The largest absolute Gasteiger partial charge is 0.296 e. The summed E-state index contributed by atoms with van der Waals surface area (Å²) in [6.45, 7) is 3.36. The average molecular weight is 187 g/mol. The number of hydrogen-bond acceptors (Lipinski definition) is 3. The molecule has 0 aliphatic heterocycles. The maximum Gasteiger partial charge on any atom is 0.296 e. The van der Waals surface area contributed by atoms with Crippen molar-refractivity contribution in [2.45, 2.75) is 18.7 Å².